The van der Waals surface area contributed by atoms with E-state index in [-0.39, 0.29) is 37.5 Å². The molecule has 0 heterocycles. The highest BCUT2D eigenvalue weighted by Gasteiger charge is 2.34. The third-order valence-corrected chi connectivity index (χ3v) is 7.71. The van der Waals surface area contributed by atoms with Gasteiger partial charge < -0.3 is 24.3 Å². The summed E-state index contributed by atoms with van der Waals surface area (Å²) in [6, 6.07) is 6.84. The molecular weight excluding hydrogens is 608 g/mol. The van der Waals surface area contributed by atoms with Gasteiger partial charge in [0.25, 0.3) is 0 Å². The Bertz CT molecular complexity index is 1060. The number of ether oxygens (including phenoxy) is 4. The summed E-state index contributed by atoms with van der Waals surface area (Å²) >= 11 is 0. The van der Waals surface area contributed by atoms with E-state index in [9.17, 15) is 35.9 Å². The summed E-state index contributed by atoms with van der Waals surface area (Å²) in [7, 11) is 0. The molecule has 1 aromatic rings. The minimum Gasteiger partial charge on any atom is -0.494 e. The zero-order valence-corrected chi connectivity index (χ0v) is 26.3. The average molecular weight is 654 g/mol. The number of amides is 1. The monoisotopic (exact) mass is 653 g/mol. The maximum absolute atomic E-state index is 12.5. The Balaban J connectivity index is 1.75. The quantitative estimate of drug-likeness (QED) is 0.0605. The normalized spacial score (nSPS) is 18.2. The highest BCUT2D eigenvalue weighted by atomic mass is 19.4. The first-order valence-electron chi connectivity index (χ1n) is 15.2. The van der Waals surface area contributed by atoms with E-state index in [1.165, 1.54) is 13.0 Å². The number of hydrogen-bond acceptors (Lipinski definition) is 6. The van der Waals surface area contributed by atoms with Crippen molar-refractivity contribution >= 4 is 18.0 Å². The molecule has 0 aliphatic heterocycles. The Hall–Kier alpha value is -2.80. The van der Waals surface area contributed by atoms with Crippen molar-refractivity contribution in [1.82, 2.24) is 5.32 Å². The zero-order chi connectivity index (χ0) is 33.7. The summed E-state index contributed by atoms with van der Waals surface area (Å²) in [5.74, 6) is -1.58. The lowest BCUT2D eigenvalue weighted by atomic mass is 9.87. The third kappa shape index (κ3) is 15.9. The molecule has 1 saturated carbocycles. The molecular formula is C32H45F6NO6. The molecule has 1 amide bonds. The first-order valence-corrected chi connectivity index (χ1v) is 15.2. The molecule has 45 heavy (non-hydrogen) atoms. The van der Waals surface area contributed by atoms with Crippen LogP contribution in [0.4, 0.5) is 26.3 Å². The van der Waals surface area contributed by atoms with Gasteiger partial charge >= 0.3 is 18.3 Å². The molecule has 1 N–H and O–H groups in total. The van der Waals surface area contributed by atoms with Crippen LogP contribution < -0.4 is 10.1 Å². The van der Waals surface area contributed by atoms with Gasteiger partial charge in [-0.25, -0.2) is 4.79 Å². The predicted molar refractivity (Wildman–Crippen MR) is 156 cm³/mol. The standard InChI is InChI=1S/C32H45F6NO6/c1-5-29(2,3)28(41)39-24-10-14-26(15-11-24)45-27(40)16-9-23-7-12-25(13-8-23)42-20-6-17-30(4,43-21-18-31(33,34)35)44-22-19-32(36,37)38/h7-9,12-13,16,24,26H,5-6,10-11,14-15,17-22H2,1-4H3,(H,39,41)/b16-9+. The molecule has 1 fully saturated rings. The fourth-order valence-corrected chi connectivity index (χ4v) is 4.44. The lowest BCUT2D eigenvalue weighted by molar-refractivity contribution is -0.253. The van der Waals surface area contributed by atoms with Crippen molar-refractivity contribution in [3.05, 3.63) is 35.9 Å². The second-order valence-electron chi connectivity index (χ2n) is 12.0. The number of carbonyl (C=O) groups excluding carboxylic acids is 2. The second kappa shape index (κ2) is 17.2. The molecule has 1 aliphatic rings. The predicted octanol–water partition coefficient (Wildman–Crippen LogP) is 7.92. The van der Waals surface area contributed by atoms with E-state index in [2.05, 4.69) is 5.32 Å². The Morgan fingerprint density at radius 3 is 1.91 bits per heavy atom. The number of rotatable bonds is 17. The fourth-order valence-electron chi connectivity index (χ4n) is 4.44. The maximum atomic E-state index is 12.5. The molecule has 0 saturated heterocycles. The van der Waals surface area contributed by atoms with Crippen molar-refractivity contribution in [2.24, 2.45) is 5.41 Å². The van der Waals surface area contributed by atoms with E-state index in [4.69, 9.17) is 18.9 Å². The second-order valence-corrected chi connectivity index (χ2v) is 12.0. The van der Waals surface area contributed by atoms with Crippen LogP contribution in [0.25, 0.3) is 6.08 Å². The van der Waals surface area contributed by atoms with Crippen LogP contribution >= 0.6 is 0 Å². The molecule has 7 nitrogen and oxygen atoms in total. The molecule has 1 aliphatic carbocycles. The Morgan fingerprint density at radius 2 is 1.40 bits per heavy atom. The van der Waals surface area contributed by atoms with E-state index in [1.54, 1.807) is 30.3 Å². The average Bonchev–Trinajstić information content (AvgIpc) is 2.94. The SMILES string of the molecule is CCC(C)(C)C(=O)NC1CCC(OC(=O)/C=C/c2ccc(OCCCC(C)(OCCC(F)(F)F)OCCC(F)(F)F)cc2)CC1. The van der Waals surface area contributed by atoms with Crippen LogP contribution in [0, 0.1) is 5.41 Å². The first-order chi connectivity index (χ1) is 20.9. The van der Waals surface area contributed by atoms with Crippen molar-refractivity contribution in [1.29, 1.82) is 0 Å². The molecule has 1 aromatic carbocycles. The number of alkyl halides is 6. The highest BCUT2D eigenvalue weighted by molar-refractivity contribution is 5.87. The summed E-state index contributed by atoms with van der Waals surface area (Å²) in [6.07, 6.45) is -4.88. The zero-order valence-electron chi connectivity index (χ0n) is 26.3. The minimum atomic E-state index is -4.47. The summed E-state index contributed by atoms with van der Waals surface area (Å²) in [6.45, 7) is 5.75. The van der Waals surface area contributed by atoms with Gasteiger partial charge in [0.1, 0.15) is 11.9 Å². The lowest BCUT2D eigenvalue weighted by Crippen LogP contribution is -2.45. The van der Waals surface area contributed by atoms with Gasteiger partial charge in [0.15, 0.2) is 5.79 Å². The van der Waals surface area contributed by atoms with Crippen LogP contribution in [0.1, 0.15) is 91.0 Å². The number of esters is 1. The molecule has 0 atom stereocenters. The van der Waals surface area contributed by atoms with Gasteiger partial charge in [-0.1, -0.05) is 32.9 Å². The third-order valence-electron chi connectivity index (χ3n) is 7.71. The van der Waals surface area contributed by atoms with Crippen LogP contribution in [0.15, 0.2) is 30.3 Å². The molecule has 0 unspecified atom stereocenters. The van der Waals surface area contributed by atoms with Crippen LogP contribution in [-0.4, -0.2) is 62.0 Å². The van der Waals surface area contributed by atoms with Crippen LogP contribution in [0.5, 0.6) is 5.75 Å². The van der Waals surface area contributed by atoms with Gasteiger partial charge in [0.05, 0.1) is 32.7 Å². The van der Waals surface area contributed by atoms with Gasteiger partial charge in [-0.05, 0) is 69.2 Å². The van der Waals surface area contributed by atoms with Crippen LogP contribution in [0.3, 0.4) is 0 Å². The Morgan fingerprint density at radius 1 is 0.844 bits per heavy atom. The van der Waals surface area contributed by atoms with Crippen molar-refractivity contribution in [2.75, 3.05) is 19.8 Å². The van der Waals surface area contributed by atoms with Crippen LogP contribution in [-0.2, 0) is 23.8 Å². The molecule has 13 heteroatoms. The number of benzene rings is 1. The summed E-state index contributed by atoms with van der Waals surface area (Å²) < 4.78 is 96.6. The van der Waals surface area contributed by atoms with Gasteiger partial charge in [-0.3, -0.25) is 4.79 Å². The number of halogens is 6. The Kier molecular flexibility index (Phi) is 14.7. The van der Waals surface area contributed by atoms with Crippen molar-refractivity contribution in [3.8, 4) is 5.75 Å². The first kappa shape index (κ1) is 38.4. The molecule has 0 bridgehead atoms. The van der Waals surface area contributed by atoms with E-state index in [0.717, 1.165) is 19.3 Å². The minimum absolute atomic E-state index is 0.0129. The fraction of sp³-hybridized carbons (Fsp3) is 0.688. The van der Waals surface area contributed by atoms with Crippen molar-refractivity contribution < 1.29 is 54.9 Å². The number of carbonyl (C=O) groups is 2. The number of hydrogen-bond donors (Lipinski definition) is 1. The topological polar surface area (TPSA) is 83.1 Å². The van der Waals surface area contributed by atoms with Crippen molar-refractivity contribution in [3.63, 3.8) is 0 Å². The summed E-state index contributed by atoms with van der Waals surface area (Å²) in [4.78, 5) is 24.7. The van der Waals surface area contributed by atoms with E-state index in [1.807, 2.05) is 20.8 Å². The highest BCUT2D eigenvalue weighted by Crippen LogP contribution is 2.28. The van der Waals surface area contributed by atoms with Gasteiger partial charge in [-0.15, -0.1) is 0 Å². The van der Waals surface area contributed by atoms with E-state index >= 15 is 0 Å². The molecule has 0 aromatic heterocycles. The lowest BCUT2D eigenvalue weighted by Gasteiger charge is -2.31. The van der Waals surface area contributed by atoms with Gasteiger partial charge in [0, 0.05) is 24.0 Å². The summed E-state index contributed by atoms with van der Waals surface area (Å²) in [5.41, 5.74) is 0.300. The van der Waals surface area contributed by atoms with Crippen LogP contribution in [0.2, 0.25) is 0 Å². The summed E-state index contributed by atoms with van der Waals surface area (Å²) in [5, 5.41) is 3.10. The van der Waals surface area contributed by atoms with Gasteiger partial charge in [-0.2, -0.15) is 26.3 Å². The molecule has 256 valence electrons. The largest absolute Gasteiger partial charge is 0.494 e. The van der Waals surface area contributed by atoms with E-state index < -0.39 is 55.6 Å². The molecule has 2 rings (SSSR count). The smallest absolute Gasteiger partial charge is 0.391 e. The Labute approximate surface area is 261 Å². The van der Waals surface area contributed by atoms with E-state index in [0.29, 0.717) is 24.2 Å². The van der Waals surface area contributed by atoms with Gasteiger partial charge in [0.2, 0.25) is 5.91 Å². The van der Waals surface area contributed by atoms with Crippen molar-refractivity contribution in [2.45, 2.75) is 116 Å². The maximum Gasteiger partial charge on any atom is 0.391 e. The molecule has 0 radical (unpaired) electrons. The molecule has 0 spiro atoms. The number of nitrogens with one attached hydrogen (secondary N) is 1.